The highest BCUT2D eigenvalue weighted by molar-refractivity contribution is 6.33. The van der Waals surface area contributed by atoms with E-state index in [2.05, 4.69) is 20.2 Å². The summed E-state index contributed by atoms with van der Waals surface area (Å²) in [6.45, 7) is 1.03. The number of hydrogen-bond acceptors (Lipinski definition) is 5. The molecule has 0 aliphatic carbocycles. The van der Waals surface area contributed by atoms with Crippen molar-refractivity contribution in [2.45, 2.75) is 31.9 Å². The number of aromatic amines is 1. The van der Waals surface area contributed by atoms with Crippen LogP contribution in [0.15, 0.2) is 18.5 Å². The van der Waals surface area contributed by atoms with E-state index in [0.717, 1.165) is 19.3 Å². The van der Waals surface area contributed by atoms with Gasteiger partial charge in [-0.25, -0.2) is 4.98 Å². The van der Waals surface area contributed by atoms with Crippen LogP contribution < -0.4 is 0 Å². The van der Waals surface area contributed by atoms with E-state index in [-0.39, 0.29) is 11.9 Å². The molecule has 1 amide bonds. The summed E-state index contributed by atoms with van der Waals surface area (Å²) in [7, 11) is 1.60. The van der Waals surface area contributed by atoms with E-state index < -0.39 is 0 Å². The zero-order valence-corrected chi connectivity index (χ0v) is 13.6. The van der Waals surface area contributed by atoms with Gasteiger partial charge in [0, 0.05) is 26.0 Å². The van der Waals surface area contributed by atoms with Crippen LogP contribution >= 0.6 is 11.6 Å². The third-order valence-electron chi connectivity index (χ3n) is 3.89. The molecule has 1 atom stereocenters. The Kier molecular flexibility index (Phi) is 4.88. The third kappa shape index (κ3) is 3.35. The van der Waals surface area contributed by atoms with Gasteiger partial charge in [0.05, 0.1) is 16.6 Å². The molecule has 0 spiro atoms. The number of carbonyl (C=O) groups is 1. The number of methoxy groups -OCH3 is 1. The Morgan fingerprint density at radius 2 is 2.39 bits per heavy atom. The summed E-state index contributed by atoms with van der Waals surface area (Å²) < 4.78 is 5.05. The number of nitrogens with one attached hydrogen (secondary N) is 1. The van der Waals surface area contributed by atoms with Crippen molar-refractivity contribution in [1.82, 2.24) is 25.1 Å². The Morgan fingerprint density at radius 1 is 1.52 bits per heavy atom. The van der Waals surface area contributed by atoms with E-state index in [1.54, 1.807) is 24.3 Å². The van der Waals surface area contributed by atoms with Gasteiger partial charge in [0.25, 0.3) is 5.91 Å². The van der Waals surface area contributed by atoms with E-state index in [1.165, 1.54) is 6.20 Å². The minimum absolute atomic E-state index is 0.111. The molecule has 23 heavy (non-hydrogen) atoms. The Balaban J connectivity index is 1.86. The first-order valence-corrected chi connectivity index (χ1v) is 7.89. The maximum atomic E-state index is 12.9. The number of pyridine rings is 1. The van der Waals surface area contributed by atoms with Crippen molar-refractivity contribution in [2.75, 3.05) is 13.7 Å². The lowest BCUT2D eigenvalue weighted by molar-refractivity contribution is 0.0600. The summed E-state index contributed by atoms with van der Waals surface area (Å²) in [4.78, 5) is 23.0. The summed E-state index contributed by atoms with van der Waals surface area (Å²) in [5, 5.41) is 7.46. The second-order valence-electron chi connectivity index (χ2n) is 5.44. The molecule has 0 radical (unpaired) electrons. The highest BCUT2D eigenvalue weighted by atomic mass is 35.5. The number of H-pyrrole nitrogens is 1. The van der Waals surface area contributed by atoms with Crippen LogP contribution in [0, 0.1) is 0 Å². The van der Waals surface area contributed by atoms with Gasteiger partial charge < -0.3 is 9.64 Å². The fraction of sp³-hybridized carbons (Fsp3) is 0.467. The largest absolute Gasteiger partial charge is 0.377 e. The molecule has 2 aromatic heterocycles. The van der Waals surface area contributed by atoms with Crippen LogP contribution in [0.25, 0.3) is 0 Å². The zero-order valence-electron chi connectivity index (χ0n) is 12.8. The summed E-state index contributed by atoms with van der Waals surface area (Å²) in [6, 6.07) is 1.49. The van der Waals surface area contributed by atoms with Gasteiger partial charge in [-0.15, -0.1) is 0 Å². The molecule has 1 fully saturated rings. The molecular weight excluding hydrogens is 318 g/mol. The first kappa shape index (κ1) is 15.9. The number of rotatable bonds is 4. The number of hydrogen-bond donors (Lipinski definition) is 1. The van der Waals surface area contributed by atoms with Gasteiger partial charge in [-0.2, -0.15) is 5.10 Å². The molecule has 1 aliphatic heterocycles. The van der Waals surface area contributed by atoms with Crippen molar-refractivity contribution in [3.05, 3.63) is 40.7 Å². The summed E-state index contributed by atoms with van der Waals surface area (Å²) in [5.41, 5.74) is 0.459. The quantitative estimate of drug-likeness (QED) is 0.927. The molecular formula is C15H18ClN5O2. The Bertz CT molecular complexity index is 690. The first-order chi connectivity index (χ1) is 11.2. The number of ether oxygens (including phenoxy) is 1. The molecule has 0 saturated carbocycles. The number of likely N-dealkylation sites (tertiary alicyclic amines) is 1. The first-order valence-electron chi connectivity index (χ1n) is 7.51. The van der Waals surface area contributed by atoms with Gasteiger partial charge in [-0.3, -0.25) is 14.9 Å². The molecule has 0 bridgehead atoms. The number of halogens is 1. The Labute approximate surface area is 139 Å². The van der Waals surface area contributed by atoms with Crippen LogP contribution in [0.1, 0.15) is 47.3 Å². The monoisotopic (exact) mass is 335 g/mol. The highest BCUT2D eigenvalue weighted by Crippen LogP contribution is 2.31. The maximum absolute atomic E-state index is 12.9. The minimum Gasteiger partial charge on any atom is -0.377 e. The number of amides is 1. The normalized spacial score (nSPS) is 18.2. The van der Waals surface area contributed by atoms with Crippen LogP contribution in [0.2, 0.25) is 5.02 Å². The second kappa shape index (κ2) is 7.06. The molecule has 7 nitrogen and oxygen atoms in total. The average Bonchev–Trinajstić information content (AvgIpc) is 3.04. The van der Waals surface area contributed by atoms with Gasteiger partial charge >= 0.3 is 0 Å². The van der Waals surface area contributed by atoms with Crippen LogP contribution in [0.3, 0.4) is 0 Å². The van der Waals surface area contributed by atoms with Gasteiger partial charge in [0.2, 0.25) is 0 Å². The molecule has 1 aliphatic rings. The Morgan fingerprint density at radius 3 is 3.17 bits per heavy atom. The van der Waals surface area contributed by atoms with Crippen molar-refractivity contribution in [2.24, 2.45) is 0 Å². The predicted molar refractivity (Wildman–Crippen MR) is 84.0 cm³/mol. The number of aromatic nitrogens is 4. The van der Waals surface area contributed by atoms with Crippen molar-refractivity contribution < 1.29 is 9.53 Å². The third-order valence-corrected chi connectivity index (χ3v) is 4.20. The van der Waals surface area contributed by atoms with E-state index >= 15 is 0 Å². The summed E-state index contributed by atoms with van der Waals surface area (Å²) in [6.07, 6.45) is 5.88. The summed E-state index contributed by atoms with van der Waals surface area (Å²) >= 11 is 6.11. The minimum atomic E-state index is -0.151. The molecule has 2 aromatic rings. The Hall–Kier alpha value is -1.99. The molecule has 122 valence electrons. The van der Waals surface area contributed by atoms with Crippen molar-refractivity contribution in [1.29, 1.82) is 0 Å². The van der Waals surface area contributed by atoms with E-state index in [4.69, 9.17) is 16.3 Å². The van der Waals surface area contributed by atoms with E-state index in [9.17, 15) is 4.79 Å². The lowest BCUT2D eigenvalue weighted by atomic mass is 10.0. The molecule has 3 rings (SSSR count). The van der Waals surface area contributed by atoms with Crippen LogP contribution in [0.5, 0.6) is 0 Å². The van der Waals surface area contributed by atoms with Gasteiger partial charge in [-0.1, -0.05) is 11.6 Å². The lowest BCUT2D eigenvalue weighted by Gasteiger charge is -2.34. The molecule has 1 N–H and O–H groups in total. The van der Waals surface area contributed by atoms with Crippen LogP contribution in [-0.2, 0) is 11.3 Å². The van der Waals surface area contributed by atoms with E-state index in [0.29, 0.717) is 35.4 Å². The number of carbonyl (C=O) groups excluding carboxylic acids is 1. The molecule has 3 heterocycles. The lowest BCUT2D eigenvalue weighted by Crippen LogP contribution is -2.39. The van der Waals surface area contributed by atoms with Gasteiger partial charge in [-0.05, 0) is 25.3 Å². The van der Waals surface area contributed by atoms with Crippen molar-refractivity contribution >= 4 is 17.5 Å². The topological polar surface area (TPSA) is 84.0 Å². The second-order valence-corrected chi connectivity index (χ2v) is 5.85. The molecule has 1 saturated heterocycles. The predicted octanol–water partition coefficient (Wildman–Crippen LogP) is 2.37. The number of piperidine rings is 1. The van der Waals surface area contributed by atoms with Crippen molar-refractivity contribution in [3.8, 4) is 0 Å². The molecule has 8 heteroatoms. The van der Waals surface area contributed by atoms with Crippen LogP contribution in [-0.4, -0.2) is 44.6 Å². The number of nitrogens with zero attached hydrogens (tertiary/aromatic N) is 4. The van der Waals surface area contributed by atoms with E-state index in [1.807, 2.05) is 0 Å². The maximum Gasteiger partial charge on any atom is 0.256 e. The molecule has 0 aromatic carbocycles. The van der Waals surface area contributed by atoms with Gasteiger partial charge in [0.1, 0.15) is 6.61 Å². The smallest absolute Gasteiger partial charge is 0.256 e. The standard InChI is InChI=1S/C15H18ClN5O2/c1-23-9-13-18-14(20-19-13)12-4-2-3-7-21(12)15(22)10-5-6-17-8-11(10)16/h5-6,8,12H,2-4,7,9H2,1H3,(H,18,19,20)/t12-/m0/s1. The van der Waals surface area contributed by atoms with Crippen molar-refractivity contribution in [3.63, 3.8) is 0 Å². The SMILES string of the molecule is COCc1nc([C@@H]2CCCCN2C(=O)c2ccncc2Cl)n[nH]1. The van der Waals surface area contributed by atoms with Crippen LogP contribution in [0.4, 0.5) is 0 Å². The highest BCUT2D eigenvalue weighted by Gasteiger charge is 2.32. The summed E-state index contributed by atoms with van der Waals surface area (Å²) in [5.74, 6) is 1.16. The zero-order chi connectivity index (χ0) is 16.2. The fourth-order valence-corrected chi connectivity index (χ4v) is 3.01. The molecule has 0 unspecified atom stereocenters. The fourth-order valence-electron chi connectivity index (χ4n) is 2.81. The average molecular weight is 336 g/mol. The van der Waals surface area contributed by atoms with Gasteiger partial charge in [0.15, 0.2) is 11.6 Å².